The highest BCUT2D eigenvalue weighted by atomic mass is 16.7. The Morgan fingerprint density at radius 2 is 1.95 bits per heavy atom. The second kappa shape index (κ2) is 5.21. The molecule has 1 fully saturated rings. The Labute approximate surface area is 122 Å². The lowest BCUT2D eigenvalue weighted by Gasteiger charge is -2.27. The third-order valence-electron chi connectivity index (χ3n) is 3.66. The van der Waals surface area contributed by atoms with E-state index in [0.717, 1.165) is 54.9 Å². The minimum atomic E-state index is 0.258. The predicted octanol–water partition coefficient (Wildman–Crippen LogP) is 1.71. The van der Waals surface area contributed by atoms with Gasteiger partial charge in [-0.1, -0.05) is 6.07 Å². The van der Waals surface area contributed by atoms with Crippen LogP contribution < -0.4 is 14.4 Å². The van der Waals surface area contributed by atoms with Gasteiger partial charge >= 0.3 is 0 Å². The van der Waals surface area contributed by atoms with Gasteiger partial charge in [0.2, 0.25) is 6.79 Å². The van der Waals surface area contributed by atoms with Crippen molar-refractivity contribution in [2.24, 2.45) is 0 Å². The largest absolute Gasteiger partial charge is 0.454 e. The smallest absolute Gasteiger partial charge is 0.231 e. The van der Waals surface area contributed by atoms with Crippen molar-refractivity contribution >= 4 is 5.82 Å². The molecule has 2 aliphatic rings. The SMILES string of the molecule is c1cc2c(c(-c3cc(N4CCOCC4)ncn3)c1)OCO2. The first-order valence-corrected chi connectivity index (χ1v) is 6.95. The zero-order valence-corrected chi connectivity index (χ0v) is 11.5. The molecule has 21 heavy (non-hydrogen) atoms. The van der Waals surface area contributed by atoms with E-state index in [1.807, 2.05) is 24.3 Å². The molecule has 1 saturated heterocycles. The molecule has 0 unspecified atom stereocenters. The number of benzene rings is 1. The third-order valence-corrected chi connectivity index (χ3v) is 3.66. The van der Waals surface area contributed by atoms with E-state index in [0.29, 0.717) is 0 Å². The summed E-state index contributed by atoms with van der Waals surface area (Å²) in [6.45, 7) is 3.42. The average Bonchev–Trinajstić information content (AvgIpc) is 3.04. The zero-order valence-electron chi connectivity index (χ0n) is 11.5. The van der Waals surface area contributed by atoms with Crippen LogP contribution in [-0.4, -0.2) is 43.1 Å². The van der Waals surface area contributed by atoms with Crippen LogP contribution in [0.15, 0.2) is 30.6 Å². The fourth-order valence-corrected chi connectivity index (χ4v) is 2.59. The van der Waals surface area contributed by atoms with Gasteiger partial charge in [-0.3, -0.25) is 0 Å². The van der Waals surface area contributed by atoms with Gasteiger partial charge in [-0.2, -0.15) is 0 Å². The van der Waals surface area contributed by atoms with Crippen LogP contribution in [0.1, 0.15) is 0 Å². The standard InChI is InChI=1S/C15H15N3O3/c1-2-11(15-13(3-1)20-10-21-15)12-8-14(17-9-16-12)18-4-6-19-7-5-18/h1-3,8-9H,4-7,10H2. The highest BCUT2D eigenvalue weighted by molar-refractivity contribution is 5.73. The molecule has 0 aliphatic carbocycles. The molecule has 3 heterocycles. The van der Waals surface area contributed by atoms with Crippen LogP contribution in [0.2, 0.25) is 0 Å². The number of ether oxygens (including phenoxy) is 3. The number of hydrogen-bond acceptors (Lipinski definition) is 6. The lowest BCUT2D eigenvalue weighted by atomic mass is 10.1. The van der Waals surface area contributed by atoms with Crippen molar-refractivity contribution in [2.45, 2.75) is 0 Å². The second-order valence-electron chi connectivity index (χ2n) is 4.90. The highest BCUT2D eigenvalue weighted by Gasteiger charge is 2.20. The lowest BCUT2D eigenvalue weighted by Crippen LogP contribution is -2.36. The summed E-state index contributed by atoms with van der Waals surface area (Å²) in [5, 5.41) is 0. The summed E-state index contributed by atoms with van der Waals surface area (Å²) < 4.78 is 16.3. The highest BCUT2D eigenvalue weighted by Crippen LogP contribution is 2.40. The average molecular weight is 285 g/mol. The van der Waals surface area contributed by atoms with Crippen LogP contribution in [0.3, 0.4) is 0 Å². The number of aromatic nitrogens is 2. The quantitative estimate of drug-likeness (QED) is 0.837. The molecule has 4 rings (SSSR count). The fourth-order valence-electron chi connectivity index (χ4n) is 2.59. The first-order chi connectivity index (χ1) is 10.4. The van der Waals surface area contributed by atoms with Gasteiger partial charge < -0.3 is 19.1 Å². The molecular formula is C15H15N3O3. The van der Waals surface area contributed by atoms with Gasteiger partial charge in [-0.05, 0) is 12.1 Å². The summed E-state index contributed by atoms with van der Waals surface area (Å²) in [6.07, 6.45) is 1.59. The minimum Gasteiger partial charge on any atom is -0.454 e. The van der Waals surface area contributed by atoms with Crippen molar-refractivity contribution in [3.63, 3.8) is 0 Å². The van der Waals surface area contributed by atoms with E-state index >= 15 is 0 Å². The molecule has 108 valence electrons. The molecule has 0 atom stereocenters. The molecule has 0 spiro atoms. The zero-order chi connectivity index (χ0) is 14.1. The normalized spacial score (nSPS) is 17.0. The van der Waals surface area contributed by atoms with Crippen LogP contribution in [0.4, 0.5) is 5.82 Å². The van der Waals surface area contributed by atoms with E-state index in [1.54, 1.807) is 6.33 Å². The Morgan fingerprint density at radius 3 is 2.86 bits per heavy atom. The van der Waals surface area contributed by atoms with Crippen molar-refractivity contribution < 1.29 is 14.2 Å². The number of nitrogens with zero attached hydrogens (tertiary/aromatic N) is 3. The Morgan fingerprint density at radius 1 is 1.05 bits per heavy atom. The number of para-hydroxylation sites is 1. The maximum atomic E-state index is 5.55. The number of hydrogen-bond donors (Lipinski definition) is 0. The van der Waals surface area contributed by atoms with Gasteiger partial charge in [0.15, 0.2) is 11.5 Å². The maximum Gasteiger partial charge on any atom is 0.231 e. The van der Waals surface area contributed by atoms with Gasteiger partial charge in [0.25, 0.3) is 0 Å². The van der Waals surface area contributed by atoms with Crippen LogP contribution in [0.25, 0.3) is 11.3 Å². The second-order valence-corrected chi connectivity index (χ2v) is 4.90. The van der Waals surface area contributed by atoms with Crippen LogP contribution in [-0.2, 0) is 4.74 Å². The van der Waals surface area contributed by atoms with Crippen LogP contribution in [0, 0.1) is 0 Å². The molecule has 2 aromatic rings. The monoisotopic (exact) mass is 285 g/mol. The molecule has 0 N–H and O–H groups in total. The Bertz CT molecular complexity index is 656. The lowest BCUT2D eigenvalue weighted by molar-refractivity contribution is 0.122. The molecule has 1 aromatic carbocycles. The van der Waals surface area contributed by atoms with Gasteiger partial charge in [-0.15, -0.1) is 0 Å². The van der Waals surface area contributed by atoms with E-state index in [1.165, 1.54) is 0 Å². The van der Waals surface area contributed by atoms with Crippen molar-refractivity contribution in [1.82, 2.24) is 9.97 Å². The number of fused-ring (bicyclic) bond motifs is 1. The van der Waals surface area contributed by atoms with Crippen molar-refractivity contribution in [1.29, 1.82) is 0 Å². The Hall–Kier alpha value is -2.34. The molecular weight excluding hydrogens is 270 g/mol. The summed E-state index contributed by atoms with van der Waals surface area (Å²) in [4.78, 5) is 11.0. The summed E-state index contributed by atoms with van der Waals surface area (Å²) in [5.41, 5.74) is 1.77. The molecule has 0 bridgehead atoms. The van der Waals surface area contributed by atoms with Crippen molar-refractivity contribution in [2.75, 3.05) is 38.0 Å². The number of anilines is 1. The van der Waals surface area contributed by atoms with Gasteiger partial charge in [-0.25, -0.2) is 9.97 Å². The first kappa shape index (κ1) is 12.4. The summed E-state index contributed by atoms with van der Waals surface area (Å²) in [6, 6.07) is 7.82. The number of morpholine rings is 1. The Kier molecular flexibility index (Phi) is 3.08. The fraction of sp³-hybridized carbons (Fsp3) is 0.333. The van der Waals surface area contributed by atoms with Crippen LogP contribution >= 0.6 is 0 Å². The van der Waals surface area contributed by atoms with Crippen molar-refractivity contribution in [3.05, 3.63) is 30.6 Å². The van der Waals surface area contributed by atoms with E-state index in [2.05, 4.69) is 14.9 Å². The maximum absolute atomic E-state index is 5.55. The molecule has 6 nitrogen and oxygen atoms in total. The molecule has 0 amide bonds. The Balaban J connectivity index is 1.71. The molecule has 0 radical (unpaired) electrons. The summed E-state index contributed by atoms with van der Waals surface area (Å²) in [7, 11) is 0. The predicted molar refractivity (Wildman–Crippen MR) is 76.6 cm³/mol. The molecule has 0 saturated carbocycles. The minimum absolute atomic E-state index is 0.258. The summed E-state index contributed by atoms with van der Waals surface area (Å²) >= 11 is 0. The van der Waals surface area contributed by atoms with E-state index in [-0.39, 0.29) is 6.79 Å². The van der Waals surface area contributed by atoms with E-state index in [9.17, 15) is 0 Å². The topological polar surface area (TPSA) is 56.7 Å². The van der Waals surface area contributed by atoms with Crippen LogP contribution in [0.5, 0.6) is 11.5 Å². The van der Waals surface area contributed by atoms with E-state index < -0.39 is 0 Å². The molecule has 2 aliphatic heterocycles. The third kappa shape index (κ3) is 2.27. The molecule has 6 heteroatoms. The van der Waals surface area contributed by atoms with Gasteiger partial charge in [0, 0.05) is 24.7 Å². The summed E-state index contributed by atoms with van der Waals surface area (Å²) in [5.74, 6) is 2.43. The number of rotatable bonds is 2. The van der Waals surface area contributed by atoms with Gasteiger partial charge in [0.05, 0.1) is 18.9 Å². The van der Waals surface area contributed by atoms with Gasteiger partial charge in [0.1, 0.15) is 12.1 Å². The van der Waals surface area contributed by atoms with E-state index in [4.69, 9.17) is 14.2 Å². The molecule has 1 aromatic heterocycles. The van der Waals surface area contributed by atoms with Crippen molar-refractivity contribution in [3.8, 4) is 22.8 Å². The first-order valence-electron chi connectivity index (χ1n) is 6.95.